The number of anilines is 1. The lowest BCUT2D eigenvalue weighted by Gasteiger charge is -2.38. The molecule has 0 unspecified atom stereocenters. The van der Waals surface area contributed by atoms with Crippen molar-refractivity contribution in [2.45, 2.75) is 39.3 Å². The summed E-state index contributed by atoms with van der Waals surface area (Å²) in [6.07, 6.45) is 0.165. The van der Waals surface area contributed by atoms with Gasteiger partial charge in [-0.25, -0.2) is 4.98 Å². The van der Waals surface area contributed by atoms with Gasteiger partial charge in [-0.05, 0) is 44.0 Å². The number of primary amides is 1. The molecule has 5 nitrogen and oxygen atoms in total. The molecule has 3 N–H and O–H groups in total. The van der Waals surface area contributed by atoms with Gasteiger partial charge in [0, 0.05) is 36.2 Å². The van der Waals surface area contributed by atoms with E-state index in [9.17, 15) is 4.79 Å². The number of nitrogens with zero attached hydrogens (tertiary/aromatic N) is 2. The fourth-order valence-corrected chi connectivity index (χ4v) is 3.82. The summed E-state index contributed by atoms with van der Waals surface area (Å²) >= 11 is 6.27. The summed E-state index contributed by atoms with van der Waals surface area (Å²) in [7, 11) is 0. The van der Waals surface area contributed by atoms with Crippen LogP contribution in [0.2, 0.25) is 5.15 Å². The standard InChI is InChI=1S/C18H23ClN4O/c1-10-8-23(9-11(2)21-10)15-6-4-5-14-17(15)13(7-16(20)24)12(3)18(19)22-14/h4-6,10-11,21H,7-9H2,1-3H3,(H2,20,24)/t10-,11+. The average molecular weight is 347 g/mol. The molecule has 0 radical (unpaired) electrons. The molecule has 0 bridgehead atoms. The van der Waals surface area contributed by atoms with E-state index in [1.54, 1.807) is 0 Å². The molecule has 2 aromatic rings. The van der Waals surface area contributed by atoms with Gasteiger partial charge in [0.1, 0.15) is 5.15 Å². The smallest absolute Gasteiger partial charge is 0.221 e. The van der Waals surface area contributed by atoms with Crippen LogP contribution in [0.1, 0.15) is 25.0 Å². The number of piperazine rings is 1. The largest absolute Gasteiger partial charge is 0.369 e. The van der Waals surface area contributed by atoms with Crippen molar-refractivity contribution in [3.63, 3.8) is 0 Å². The van der Waals surface area contributed by atoms with Gasteiger partial charge in [0.25, 0.3) is 0 Å². The second-order valence-electron chi connectivity index (χ2n) is 6.69. The summed E-state index contributed by atoms with van der Waals surface area (Å²) in [6.45, 7) is 8.06. The molecule has 0 saturated carbocycles. The van der Waals surface area contributed by atoms with Crippen LogP contribution in [0.3, 0.4) is 0 Å². The molecular formula is C18H23ClN4O. The zero-order valence-electron chi connectivity index (χ0n) is 14.3. The minimum Gasteiger partial charge on any atom is -0.369 e. The molecule has 0 spiro atoms. The average Bonchev–Trinajstić information content (AvgIpc) is 2.49. The summed E-state index contributed by atoms with van der Waals surface area (Å²) in [5.74, 6) is -0.362. The molecule has 1 aromatic heterocycles. The molecular weight excluding hydrogens is 324 g/mol. The van der Waals surface area contributed by atoms with E-state index in [0.717, 1.165) is 40.8 Å². The molecule has 1 saturated heterocycles. The van der Waals surface area contributed by atoms with Gasteiger partial charge in [0.2, 0.25) is 5.91 Å². The molecule has 2 atom stereocenters. The Kier molecular flexibility index (Phi) is 4.65. The molecule has 1 fully saturated rings. The Morgan fingerprint density at radius 1 is 1.38 bits per heavy atom. The highest BCUT2D eigenvalue weighted by molar-refractivity contribution is 6.31. The van der Waals surface area contributed by atoms with Gasteiger partial charge < -0.3 is 16.0 Å². The molecule has 2 heterocycles. The van der Waals surface area contributed by atoms with Crippen LogP contribution < -0.4 is 16.0 Å². The van der Waals surface area contributed by atoms with Crippen molar-refractivity contribution < 1.29 is 4.79 Å². The third-order valence-corrected chi connectivity index (χ3v) is 4.92. The minimum absolute atomic E-state index is 0.165. The van der Waals surface area contributed by atoms with Gasteiger partial charge in [0.15, 0.2) is 0 Å². The maximum Gasteiger partial charge on any atom is 0.221 e. The molecule has 1 aliphatic heterocycles. The van der Waals surface area contributed by atoms with Crippen molar-refractivity contribution in [3.8, 4) is 0 Å². The lowest BCUT2D eigenvalue weighted by Crippen LogP contribution is -2.54. The minimum atomic E-state index is -0.362. The quantitative estimate of drug-likeness (QED) is 0.837. The summed E-state index contributed by atoms with van der Waals surface area (Å²) in [5.41, 5.74) is 9.09. The first-order chi connectivity index (χ1) is 11.4. The fourth-order valence-electron chi connectivity index (χ4n) is 3.61. The number of rotatable bonds is 3. The van der Waals surface area contributed by atoms with E-state index in [2.05, 4.69) is 35.1 Å². The van der Waals surface area contributed by atoms with E-state index in [0.29, 0.717) is 17.2 Å². The lowest BCUT2D eigenvalue weighted by atomic mass is 9.98. The monoisotopic (exact) mass is 346 g/mol. The second-order valence-corrected chi connectivity index (χ2v) is 7.05. The van der Waals surface area contributed by atoms with Gasteiger partial charge in [-0.3, -0.25) is 4.79 Å². The van der Waals surface area contributed by atoms with E-state index in [1.165, 1.54) is 0 Å². The zero-order valence-corrected chi connectivity index (χ0v) is 15.0. The first kappa shape index (κ1) is 17.0. The number of hydrogen-bond acceptors (Lipinski definition) is 4. The Bertz CT molecular complexity index is 782. The number of aromatic nitrogens is 1. The van der Waals surface area contributed by atoms with Crippen LogP contribution in [0.25, 0.3) is 10.9 Å². The molecule has 128 valence electrons. The molecule has 1 amide bonds. The van der Waals surface area contributed by atoms with Crippen LogP contribution in [0.15, 0.2) is 18.2 Å². The highest BCUT2D eigenvalue weighted by atomic mass is 35.5. The second kappa shape index (κ2) is 6.57. The predicted molar refractivity (Wildman–Crippen MR) is 98.7 cm³/mol. The van der Waals surface area contributed by atoms with E-state index < -0.39 is 0 Å². The van der Waals surface area contributed by atoms with Crippen LogP contribution in [0, 0.1) is 6.92 Å². The van der Waals surface area contributed by atoms with Crippen molar-refractivity contribution in [3.05, 3.63) is 34.5 Å². The van der Waals surface area contributed by atoms with Crippen LogP contribution in [0.4, 0.5) is 5.69 Å². The highest BCUT2D eigenvalue weighted by Gasteiger charge is 2.24. The summed E-state index contributed by atoms with van der Waals surface area (Å²) < 4.78 is 0. The van der Waals surface area contributed by atoms with Gasteiger partial charge in [0.05, 0.1) is 11.9 Å². The molecule has 6 heteroatoms. The first-order valence-electron chi connectivity index (χ1n) is 8.23. The highest BCUT2D eigenvalue weighted by Crippen LogP contribution is 2.34. The number of halogens is 1. The molecule has 0 aliphatic carbocycles. The van der Waals surface area contributed by atoms with Crippen LogP contribution in [-0.4, -0.2) is 36.1 Å². The van der Waals surface area contributed by atoms with E-state index >= 15 is 0 Å². The van der Waals surface area contributed by atoms with E-state index in [1.807, 2.05) is 19.1 Å². The van der Waals surface area contributed by atoms with Gasteiger partial charge in [-0.2, -0.15) is 0 Å². The molecule has 3 rings (SSSR count). The Morgan fingerprint density at radius 3 is 2.67 bits per heavy atom. The first-order valence-corrected chi connectivity index (χ1v) is 8.61. The summed E-state index contributed by atoms with van der Waals surface area (Å²) in [4.78, 5) is 18.5. The van der Waals surface area contributed by atoms with Gasteiger partial charge >= 0.3 is 0 Å². The van der Waals surface area contributed by atoms with Crippen LogP contribution >= 0.6 is 11.6 Å². The SMILES string of the molecule is Cc1c(Cl)nc2cccc(N3C[C@@H](C)N[C@@H](C)C3)c2c1CC(N)=O. The number of pyridine rings is 1. The van der Waals surface area contributed by atoms with Crippen molar-refractivity contribution in [2.75, 3.05) is 18.0 Å². The Hall–Kier alpha value is -1.85. The predicted octanol–water partition coefficient (Wildman–Crippen LogP) is 2.41. The van der Waals surface area contributed by atoms with Crippen LogP contribution in [-0.2, 0) is 11.2 Å². The van der Waals surface area contributed by atoms with Crippen molar-refractivity contribution >= 4 is 34.1 Å². The van der Waals surface area contributed by atoms with Crippen molar-refractivity contribution in [2.24, 2.45) is 5.73 Å². The van der Waals surface area contributed by atoms with Crippen molar-refractivity contribution in [1.82, 2.24) is 10.3 Å². The van der Waals surface area contributed by atoms with Crippen LogP contribution in [0.5, 0.6) is 0 Å². The number of nitrogens with two attached hydrogens (primary N) is 1. The van der Waals surface area contributed by atoms with E-state index in [4.69, 9.17) is 17.3 Å². The molecule has 24 heavy (non-hydrogen) atoms. The van der Waals surface area contributed by atoms with Gasteiger partial charge in [-0.15, -0.1) is 0 Å². The number of hydrogen-bond donors (Lipinski definition) is 2. The van der Waals surface area contributed by atoms with Crippen molar-refractivity contribution in [1.29, 1.82) is 0 Å². The normalized spacial score (nSPS) is 21.2. The molecule has 1 aliphatic rings. The number of nitrogens with one attached hydrogen (secondary N) is 1. The number of carbonyl (C=O) groups excluding carboxylic acids is 1. The third-order valence-electron chi connectivity index (χ3n) is 4.55. The lowest BCUT2D eigenvalue weighted by molar-refractivity contribution is -0.117. The Morgan fingerprint density at radius 2 is 2.04 bits per heavy atom. The zero-order chi connectivity index (χ0) is 17.4. The topological polar surface area (TPSA) is 71.2 Å². The number of benzene rings is 1. The van der Waals surface area contributed by atoms with Gasteiger partial charge in [-0.1, -0.05) is 17.7 Å². The summed E-state index contributed by atoms with van der Waals surface area (Å²) in [5, 5.41) is 4.96. The third kappa shape index (κ3) is 3.19. The summed E-state index contributed by atoms with van der Waals surface area (Å²) in [6, 6.07) is 6.80. The number of carbonyl (C=O) groups is 1. The Labute approximate surface area is 147 Å². The van der Waals surface area contributed by atoms with E-state index in [-0.39, 0.29) is 12.3 Å². The molecule has 1 aromatic carbocycles. The number of fused-ring (bicyclic) bond motifs is 1. The maximum absolute atomic E-state index is 11.6. The fraction of sp³-hybridized carbons (Fsp3) is 0.444. The maximum atomic E-state index is 11.6. The Balaban J connectivity index is 2.21. The number of amides is 1.